The van der Waals surface area contributed by atoms with E-state index in [1.54, 1.807) is 30.0 Å². The zero-order chi connectivity index (χ0) is 17.0. The van der Waals surface area contributed by atoms with Gasteiger partial charge in [-0.15, -0.1) is 0 Å². The molecule has 0 unspecified atom stereocenters. The minimum atomic E-state index is -3.03. The standard InChI is InChI=1S/C16H23NO5S/c1-4-23(19,20)13-7-9-17(10-8-13)16(18)12-5-6-14(21-2)15(11-12)22-3/h5-6,11,13H,4,7-10H2,1-3H3. The van der Waals surface area contributed by atoms with E-state index in [4.69, 9.17) is 9.47 Å². The number of amides is 1. The molecule has 0 atom stereocenters. The van der Waals surface area contributed by atoms with Crippen LogP contribution in [0.2, 0.25) is 0 Å². The minimum Gasteiger partial charge on any atom is -0.493 e. The number of hydrogen-bond donors (Lipinski definition) is 0. The number of piperidine rings is 1. The first-order valence-corrected chi connectivity index (χ1v) is 9.37. The molecular weight excluding hydrogens is 318 g/mol. The molecule has 0 spiro atoms. The third kappa shape index (κ3) is 3.77. The summed E-state index contributed by atoms with van der Waals surface area (Å²) in [5.74, 6) is 1.11. The molecule has 0 bridgehead atoms. The number of benzene rings is 1. The Labute approximate surface area is 137 Å². The molecule has 7 heteroatoms. The summed E-state index contributed by atoms with van der Waals surface area (Å²) in [4.78, 5) is 14.3. The van der Waals surface area contributed by atoms with Crippen molar-refractivity contribution in [1.29, 1.82) is 0 Å². The second-order valence-corrected chi connectivity index (χ2v) is 8.08. The Morgan fingerprint density at radius 2 is 1.78 bits per heavy atom. The second kappa shape index (κ2) is 7.21. The maximum Gasteiger partial charge on any atom is 0.253 e. The fraction of sp³-hybridized carbons (Fsp3) is 0.562. The Kier molecular flexibility index (Phi) is 5.51. The van der Waals surface area contributed by atoms with Crippen molar-refractivity contribution in [2.75, 3.05) is 33.1 Å². The molecule has 0 aromatic heterocycles. The Balaban J connectivity index is 2.08. The Morgan fingerprint density at radius 3 is 2.30 bits per heavy atom. The van der Waals surface area contributed by atoms with Crippen molar-refractivity contribution in [3.63, 3.8) is 0 Å². The van der Waals surface area contributed by atoms with E-state index in [1.807, 2.05) is 0 Å². The van der Waals surface area contributed by atoms with Crippen molar-refractivity contribution in [1.82, 2.24) is 4.90 Å². The van der Waals surface area contributed by atoms with Gasteiger partial charge >= 0.3 is 0 Å². The van der Waals surface area contributed by atoms with Crippen LogP contribution in [0.15, 0.2) is 18.2 Å². The minimum absolute atomic E-state index is 0.113. The fourth-order valence-electron chi connectivity index (χ4n) is 2.81. The number of nitrogens with zero attached hydrogens (tertiary/aromatic N) is 1. The van der Waals surface area contributed by atoms with Crippen LogP contribution >= 0.6 is 0 Å². The van der Waals surface area contributed by atoms with Gasteiger partial charge in [0.1, 0.15) is 0 Å². The smallest absolute Gasteiger partial charge is 0.253 e. The van der Waals surface area contributed by atoms with Gasteiger partial charge in [-0.05, 0) is 31.0 Å². The molecule has 0 saturated carbocycles. The van der Waals surface area contributed by atoms with Crippen LogP contribution in [0.25, 0.3) is 0 Å². The van der Waals surface area contributed by atoms with E-state index in [2.05, 4.69) is 0 Å². The molecule has 1 amide bonds. The van der Waals surface area contributed by atoms with Gasteiger partial charge in [-0.1, -0.05) is 6.92 Å². The van der Waals surface area contributed by atoms with Crippen LogP contribution in [0, 0.1) is 0 Å². The van der Waals surface area contributed by atoms with E-state index in [9.17, 15) is 13.2 Å². The number of carbonyl (C=O) groups is 1. The molecule has 0 radical (unpaired) electrons. The van der Waals surface area contributed by atoms with E-state index in [0.717, 1.165) is 0 Å². The normalized spacial score (nSPS) is 16.2. The molecule has 6 nitrogen and oxygen atoms in total. The monoisotopic (exact) mass is 341 g/mol. The van der Waals surface area contributed by atoms with Crippen LogP contribution in [0.5, 0.6) is 11.5 Å². The van der Waals surface area contributed by atoms with Crippen LogP contribution in [0.1, 0.15) is 30.1 Å². The predicted molar refractivity (Wildman–Crippen MR) is 87.9 cm³/mol. The van der Waals surface area contributed by atoms with Crippen molar-refractivity contribution in [2.45, 2.75) is 25.0 Å². The van der Waals surface area contributed by atoms with Crippen molar-refractivity contribution in [2.24, 2.45) is 0 Å². The highest BCUT2D eigenvalue weighted by molar-refractivity contribution is 7.92. The van der Waals surface area contributed by atoms with Crippen LogP contribution in [0.4, 0.5) is 0 Å². The lowest BCUT2D eigenvalue weighted by atomic mass is 10.1. The molecule has 1 aromatic carbocycles. The van der Waals surface area contributed by atoms with E-state index >= 15 is 0 Å². The van der Waals surface area contributed by atoms with Crippen LogP contribution < -0.4 is 9.47 Å². The number of carbonyl (C=O) groups excluding carboxylic acids is 1. The number of hydrogen-bond acceptors (Lipinski definition) is 5. The molecule has 1 aliphatic rings. The van der Waals surface area contributed by atoms with Crippen molar-refractivity contribution >= 4 is 15.7 Å². The van der Waals surface area contributed by atoms with Gasteiger partial charge in [0.15, 0.2) is 21.3 Å². The molecule has 1 saturated heterocycles. The lowest BCUT2D eigenvalue weighted by molar-refractivity contribution is 0.0725. The van der Waals surface area contributed by atoms with Crippen molar-refractivity contribution in [3.8, 4) is 11.5 Å². The quantitative estimate of drug-likeness (QED) is 0.816. The molecule has 1 aliphatic heterocycles. The SMILES string of the molecule is CCS(=O)(=O)C1CCN(C(=O)c2ccc(OC)c(OC)c2)CC1. The molecule has 0 N–H and O–H groups in total. The van der Waals surface area contributed by atoms with Gasteiger partial charge in [0.05, 0.1) is 19.5 Å². The van der Waals surface area contributed by atoms with Crippen LogP contribution in [-0.2, 0) is 9.84 Å². The Morgan fingerprint density at radius 1 is 1.17 bits per heavy atom. The van der Waals surface area contributed by atoms with Crippen molar-refractivity contribution < 1.29 is 22.7 Å². The molecule has 0 aliphatic carbocycles. The highest BCUT2D eigenvalue weighted by Crippen LogP contribution is 2.28. The highest BCUT2D eigenvalue weighted by atomic mass is 32.2. The summed E-state index contributed by atoms with van der Waals surface area (Å²) < 4.78 is 34.2. The van der Waals surface area contributed by atoms with Gasteiger partial charge in [-0.25, -0.2) is 8.42 Å². The lowest BCUT2D eigenvalue weighted by Crippen LogP contribution is -2.42. The third-order valence-electron chi connectivity index (χ3n) is 4.27. The van der Waals surface area contributed by atoms with Crippen LogP contribution in [-0.4, -0.2) is 57.5 Å². The maximum atomic E-state index is 12.6. The molecule has 1 fully saturated rings. The van der Waals surface area contributed by atoms with Gasteiger partial charge in [-0.2, -0.15) is 0 Å². The number of methoxy groups -OCH3 is 2. The summed E-state index contributed by atoms with van der Waals surface area (Å²) in [5, 5.41) is -0.332. The summed E-state index contributed by atoms with van der Waals surface area (Å²) in [7, 11) is 0.0318. The molecule has 23 heavy (non-hydrogen) atoms. The van der Waals surface area contributed by atoms with Crippen LogP contribution in [0.3, 0.4) is 0 Å². The molecule has 2 rings (SSSR count). The van der Waals surface area contributed by atoms with E-state index in [1.165, 1.54) is 14.2 Å². The number of sulfone groups is 1. The second-order valence-electron chi connectivity index (χ2n) is 5.51. The number of rotatable bonds is 5. The zero-order valence-electron chi connectivity index (χ0n) is 13.7. The summed E-state index contributed by atoms with van der Waals surface area (Å²) in [6.45, 7) is 2.57. The summed E-state index contributed by atoms with van der Waals surface area (Å²) in [6.07, 6.45) is 0.990. The van der Waals surface area contributed by atoms with E-state index in [-0.39, 0.29) is 16.9 Å². The van der Waals surface area contributed by atoms with Gasteiger partial charge in [0.2, 0.25) is 0 Å². The van der Waals surface area contributed by atoms with Gasteiger partial charge in [0, 0.05) is 24.4 Å². The lowest BCUT2D eigenvalue weighted by Gasteiger charge is -2.31. The molecule has 1 aromatic rings. The average Bonchev–Trinajstić information content (AvgIpc) is 2.60. The van der Waals surface area contributed by atoms with Gasteiger partial charge < -0.3 is 14.4 Å². The first-order chi connectivity index (χ1) is 10.9. The van der Waals surface area contributed by atoms with Gasteiger partial charge in [0.25, 0.3) is 5.91 Å². The first-order valence-electron chi connectivity index (χ1n) is 7.65. The fourth-order valence-corrected chi connectivity index (χ4v) is 4.21. The van der Waals surface area contributed by atoms with Gasteiger partial charge in [-0.3, -0.25) is 4.79 Å². The summed E-state index contributed by atoms with van der Waals surface area (Å²) >= 11 is 0. The van der Waals surface area contributed by atoms with Crippen molar-refractivity contribution in [3.05, 3.63) is 23.8 Å². The average molecular weight is 341 g/mol. The third-order valence-corrected chi connectivity index (χ3v) is 6.56. The van der Waals surface area contributed by atoms with E-state index in [0.29, 0.717) is 43.0 Å². The zero-order valence-corrected chi connectivity index (χ0v) is 14.6. The number of likely N-dealkylation sites (tertiary alicyclic amines) is 1. The summed E-state index contributed by atoms with van der Waals surface area (Å²) in [6, 6.07) is 5.04. The Bertz CT molecular complexity index is 663. The molecule has 1 heterocycles. The molecule has 128 valence electrons. The topological polar surface area (TPSA) is 72.9 Å². The first kappa shape index (κ1) is 17.6. The number of ether oxygens (including phenoxy) is 2. The summed E-state index contributed by atoms with van der Waals surface area (Å²) in [5.41, 5.74) is 0.513. The van der Waals surface area contributed by atoms with E-state index < -0.39 is 9.84 Å². The molecular formula is C16H23NO5S. The Hall–Kier alpha value is -1.76. The largest absolute Gasteiger partial charge is 0.493 e. The maximum absolute atomic E-state index is 12.6. The predicted octanol–water partition coefficient (Wildman–Crippen LogP) is 1.74. The highest BCUT2D eigenvalue weighted by Gasteiger charge is 2.30.